The van der Waals surface area contributed by atoms with Crippen LogP contribution in [0.4, 0.5) is 0 Å². The summed E-state index contributed by atoms with van der Waals surface area (Å²) in [4.78, 5) is 0. The molecule has 3 nitrogen and oxygen atoms in total. The number of benzene rings is 3. The number of rotatable bonds is 11. The van der Waals surface area contributed by atoms with Crippen LogP contribution in [0.1, 0.15) is 35.1 Å². The van der Waals surface area contributed by atoms with Crippen molar-refractivity contribution in [2.45, 2.75) is 38.5 Å². The van der Waals surface area contributed by atoms with E-state index in [4.69, 9.17) is 14.2 Å². The Hall–Kier alpha value is -2.94. The summed E-state index contributed by atoms with van der Waals surface area (Å²) in [6.45, 7) is 0. The number of hydrogen-bond acceptors (Lipinski definition) is 3. The zero-order valence-electron chi connectivity index (χ0n) is 18.3. The molecule has 0 N–H and O–H groups in total. The van der Waals surface area contributed by atoms with E-state index in [0.717, 1.165) is 66.9 Å². The molecule has 0 aromatic heterocycles. The fourth-order valence-electron chi connectivity index (χ4n) is 4.01. The second-order valence-corrected chi connectivity index (χ2v) is 7.45. The largest absolute Gasteiger partial charge is 0.496 e. The third kappa shape index (κ3) is 5.56. The number of methoxy groups -OCH3 is 3. The standard InChI is InChI=1S/C27H32O3/c1-28-25-20-26(29-2)24(19-11-17-22-14-8-5-9-15-22)27(30-3)23(25)18-10-16-21-12-6-4-7-13-21/h4-9,12-15,20H,10-11,16-19H2,1-3H3. The number of hydrogen-bond donors (Lipinski definition) is 0. The summed E-state index contributed by atoms with van der Waals surface area (Å²) in [7, 11) is 5.17. The van der Waals surface area contributed by atoms with Crippen LogP contribution >= 0.6 is 0 Å². The lowest BCUT2D eigenvalue weighted by Crippen LogP contribution is -2.05. The van der Waals surface area contributed by atoms with Crippen LogP contribution in [0.3, 0.4) is 0 Å². The van der Waals surface area contributed by atoms with Crippen LogP contribution in [0.25, 0.3) is 0 Å². The van der Waals surface area contributed by atoms with Gasteiger partial charge in [0.2, 0.25) is 0 Å². The van der Waals surface area contributed by atoms with E-state index in [0.29, 0.717) is 0 Å². The molecule has 0 heterocycles. The number of ether oxygens (including phenoxy) is 3. The fraction of sp³-hybridized carbons (Fsp3) is 0.333. The minimum absolute atomic E-state index is 0.837. The van der Waals surface area contributed by atoms with Gasteiger partial charge in [-0.1, -0.05) is 60.7 Å². The second kappa shape index (κ2) is 11.3. The van der Waals surface area contributed by atoms with Crippen LogP contribution in [0.15, 0.2) is 66.7 Å². The molecule has 158 valence electrons. The van der Waals surface area contributed by atoms with Gasteiger partial charge in [-0.3, -0.25) is 0 Å². The van der Waals surface area contributed by atoms with Gasteiger partial charge >= 0.3 is 0 Å². The molecule has 0 spiro atoms. The van der Waals surface area contributed by atoms with Gasteiger partial charge in [0.1, 0.15) is 17.2 Å². The Labute approximate surface area is 180 Å². The lowest BCUT2D eigenvalue weighted by Gasteiger charge is -2.20. The molecular formula is C27H32O3. The van der Waals surface area contributed by atoms with E-state index in [2.05, 4.69) is 60.7 Å². The van der Waals surface area contributed by atoms with Crippen LogP contribution in [-0.4, -0.2) is 21.3 Å². The summed E-state index contributed by atoms with van der Waals surface area (Å²) in [5.41, 5.74) is 4.97. The summed E-state index contributed by atoms with van der Waals surface area (Å²) in [6.07, 6.45) is 5.93. The predicted octanol–water partition coefficient (Wildman–Crippen LogP) is 6.06. The molecule has 3 aromatic carbocycles. The van der Waals surface area contributed by atoms with E-state index in [9.17, 15) is 0 Å². The average Bonchev–Trinajstić information content (AvgIpc) is 2.80. The Balaban J connectivity index is 1.78. The van der Waals surface area contributed by atoms with Gasteiger partial charge in [-0.05, 0) is 49.7 Å². The predicted molar refractivity (Wildman–Crippen MR) is 123 cm³/mol. The van der Waals surface area contributed by atoms with E-state index in [1.54, 1.807) is 21.3 Å². The van der Waals surface area contributed by atoms with Crippen molar-refractivity contribution in [1.82, 2.24) is 0 Å². The lowest BCUT2D eigenvalue weighted by atomic mass is 9.96. The van der Waals surface area contributed by atoms with Gasteiger partial charge < -0.3 is 14.2 Å². The first-order valence-corrected chi connectivity index (χ1v) is 10.7. The summed E-state index contributed by atoms with van der Waals surface area (Å²) in [6, 6.07) is 23.2. The van der Waals surface area contributed by atoms with Crippen LogP contribution in [0, 0.1) is 0 Å². The zero-order valence-corrected chi connectivity index (χ0v) is 18.3. The molecule has 0 aliphatic rings. The maximum Gasteiger partial charge on any atom is 0.132 e. The first-order valence-electron chi connectivity index (χ1n) is 10.7. The zero-order chi connectivity index (χ0) is 21.2. The van der Waals surface area contributed by atoms with Gasteiger partial charge in [0, 0.05) is 17.2 Å². The molecule has 0 unspecified atom stereocenters. The Morgan fingerprint density at radius 2 is 0.967 bits per heavy atom. The van der Waals surface area contributed by atoms with Gasteiger partial charge in [0.25, 0.3) is 0 Å². The van der Waals surface area contributed by atoms with Gasteiger partial charge in [0.15, 0.2) is 0 Å². The summed E-state index contributed by atoms with van der Waals surface area (Å²) in [5.74, 6) is 2.58. The van der Waals surface area contributed by atoms with Gasteiger partial charge in [0.05, 0.1) is 21.3 Å². The molecule has 0 atom stereocenters. The molecule has 3 heteroatoms. The molecule has 3 rings (SSSR count). The molecule has 0 radical (unpaired) electrons. The van der Waals surface area contributed by atoms with E-state index >= 15 is 0 Å². The molecule has 30 heavy (non-hydrogen) atoms. The van der Waals surface area contributed by atoms with Crippen LogP contribution in [0.2, 0.25) is 0 Å². The minimum atomic E-state index is 0.837. The average molecular weight is 405 g/mol. The highest BCUT2D eigenvalue weighted by Crippen LogP contribution is 2.41. The van der Waals surface area contributed by atoms with E-state index in [-0.39, 0.29) is 0 Å². The van der Waals surface area contributed by atoms with Crippen molar-refractivity contribution in [3.05, 3.63) is 89.0 Å². The first kappa shape index (κ1) is 21.8. The molecule has 3 aromatic rings. The number of aryl methyl sites for hydroxylation is 2. The summed E-state index contributed by atoms with van der Waals surface area (Å²) >= 11 is 0. The van der Waals surface area contributed by atoms with E-state index < -0.39 is 0 Å². The Bertz CT molecular complexity index is 833. The first-order chi connectivity index (χ1) is 14.8. The van der Waals surface area contributed by atoms with Crippen molar-refractivity contribution in [2.24, 2.45) is 0 Å². The van der Waals surface area contributed by atoms with Crippen molar-refractivity contribution in [3.8, 4) is 17.2 Å². The summed E-state index contributed by atoms with van der Waals surface area (Å²) in [5, 5.41) is 0. The van der Waals surface area contributed by atoms with Crippen LogP contribution in [-0.2, 0) is 25.7 Å². The maximum atomic E-state index is 5.91. The topological polar surface area (TPSA) is 27.7 Å². The normalized spacial score (nSPS) is 10.6. The lowest BCUT2D eigenvalue weighted by molar-refractivity contribution is 0.361. The van der Waals surface area contributed by atoms with E-state index in [1.807, 2.05) is 6.07 Å². The molecule has 0 aliphatic carbocycles. The van der Waals surface area contributed by atoms with Crippen molar-refractivity contribution in [2.75, 3.05) is 21.3 Å². The van der Waals surface area contributed by atoms with Crippen molar-refractivity contribution in [3.63, 3.8) is 0 Å². The Morgan fingerprint density at radius 1 is 0.533 bits per heavy atom. The Kier molecular flexibility index (Phi) is 8.20. The molecule has 0 amide bonds. The molecular weight excluding hydrogens is 372 g/mol. The highest BCUT2D eigenvalue weighted by Gasteiger charge is 2.20. The van der Waals surface area contributed by atoms with Crippen LogP contribution in [0.5, 0.6) is 17.2 Å². The quantitative estimate of drug-likeness (QED) is 0.389. The third-order valence-electron chi connectivity index (χ3n) is 5.52. The van der Waals surface area contributed by atoms with E-state index in [1.165, 1.54) is 11.1 Å². The highest BCUT2D eigenvalue weighted by molar-refractivity contribution is 5.57. The van der Waals surface area contributed by atoms with Gasteiger partial charge in [-0.15, -0.1) is 0 Å². The second-order valence-electron chi connectivity index (χ2n) is 7.45. The third-order valence-corrected chi connectivity index (χ3v) is 5.52. The monoisotopic (exact) mass is 404 g/mol. The summed E-state index contributed by atoms with van der Waals surface area (Å²) < 4.78 is 17.3. The smallest absolute Gasteiger partial charge is 0.132 e. The molecule has 0 aliphatic heterocycles. The Morgan fingerprint density at radius 3 is 1.33 bits per heavy atom. The van der Waals surface area contributed by atoms with Crippen LogP contribution < -0.4 is 14.2 Å². The molecule has 0 fully saturated rings. The minimum Gasteiger partial charge on any atom is -0.496 e. The molecule has 0 saturated carbocycles. The van der Waals surface area contributed by atoms with Crippen molar-refractivity contribution in [1.29, 1.82) is 0 Å². The van der Waals surface area contributed by atoms with Crippen molar-refractivity contribution >= 4 is 0 Å². The van der Waals surface area contributed by atoms with Gasteiger partial charge in [-0.2, -0.15) is 0 Å². The van der Waals surface area contributed by atoms with Gasteiger partial charge in [-0.25, -0.2) is 0 Å². The highest BCUT2D eigenvalue weighted by atomic mass is 16.5. The molecule has 0 bridgehead atoms. The molecule has 0 saturated heterocycles. The van der Waals surface area contributed by atoms with Crippen molar-refractivity contribution < 1.29 is 14.2 Å². The SMILES string of the molecule is COc1cc(OC)c(CCCc2ccccc2)c(OC)c1CCCc1ccccc1. The fourth-order valence-corrected chi connectivity index (χ4v) is 4.01. The maximum absolute atomic E-state index is 5.91.